The zero-order valence-electron chi connectivity index (χ0n) is 8.96. The smallest absolute Gasteiger partial charge is 0.288 e. The summed E-state index contributed by atoms with van der Waals surface area (Å²) in [4.78, 5) is 15.1. The fourth-order valence-corrected chi connectivity index (χ4v) is 2.43. The Labute approximate surface area is 119 Å². The van der Waals surface area contributed by atoms with Crippen LogP contribution in [0.1, 0.15) is 20.2 Å². The first-order chi connectivity index (χ1) is 8.79. The predicted molar refractivity (Wildman–Crippen MR) is 67.0 cm³/mol. The molecule has 100 valence electrons. The van der Waals surface area contributed by atoms with E-state index in [1.807, 2.05) is 0 Å². The lowest BCUT2D eigenvalue weighted by molar-refractivity contribution is -0.137. The number of carbonyl (C=O) groups is 1. The summed E-state index contributed by atoms with van der Waals surface area (Å²) in [5.41, 5.74) is 0.0477. The number of hydrogen-bond acceptors (Lipinski definition) is 3. The minimum absolute atomic E-state index is 0.0477. The minimum Gasteiger partial charge on any atom is -0.288 e. The van der Waals surface area contributed by atoms with Gasteiger partial charge in [-0.1, -0.05) is 23.2 Å². The molecule has 0 fully saturated rings. The van der Waals surface area contributed by atoms with Gasteiger partial charge in [0.2, 0.25) is 5.78 Å². The van der Waals surface area contributed by atoms with Gasteiger partial charge in [-0.2, -0.15) is 13.2 Å². The highest BCUT2D eigenvalue weighted by molar-refractivity contribution is 7.14. The van der Waals surface area contributed by atoms with Crippen molar-refractivity contribution < 1.29 is 18.0 Å². The molecular weight excluding hydrogens is 322 g/mol. The lowest BCUT2D eigenvalue weighted by atomic mass is 10.1. The fraction of sp³-hybridized carbons (Fsp3) is 0.0909. The van der Waals surface area contributed by atoms with Gasteiger partial charge in [-0.05, 0) is 18.2 Å². The average Bonchev–Trinajstić information content (AvgIpc) is 2.80. The van der Waals surface area contributed by atoms with Crippen LogP contribution in [0.3, 0.4) is 0 Å². The van der Waals surface area contributed by atoms with Crippen LogP contribution in [0.15, 0.2) is 24.4 Å². The van der Waals surface area contributed by atoms with Gasteiger partial charge in [0.15, 0.2) is 5.01 Å². The Bertz CT molecular complexity index is 639. The number of rotatable bonds is 2. The van der Waals surface area contributed by atoms with Crippen LogP contribution in [0.4, 0.5) is 13.2 Å². The summed E-state index contributed by atoms with van der Waals surface area (Å²) >= 11 is 11.8. The number of ketones is 1. The van der Waals surface area contributed by atoms with Gasteiger partial charge in [0.25, 0.3) is 0 Å². The maximum absolute atomic E-state index is 12.4. The number of hydrogen-bond donors (Lipinski definition) is 0. The van der Waals surface area contributed by atoms with Crippen molar-refractivity contribution in [2.45, 2.75) is 6.18 Å². The zero-order chi connectivity index (χ0) is 14.2. The van der Waals surface area contributed by atoms with Crippen molar-refractivity contribution >= 4 is 40.3 Å². The molecule has 1 aromatic carbocycles. The summed E-state index contributed by atoms with van der Waals surface area (Å²) < 4.78 is 37.2. The van der Waals surface area contributed by atoms with Crippen LogP contribution in [0.2, 0.25) is 10.0 Å². The molecule has 19 heavy (non-hydrogen) atoms. The third-order valence-corrected chi connectivity index (χ3v) is 3.75. The molecule has 0 spiro atoms. The summed E-state index contributed by atoms with van der Waals surface area (Å²) in [6.07, 6.45) is -3.69. The number of alkyl halides is 3. The van der Waals surface area contributed by atoms with Crippen molar-refractivity contribution in [3.05, 3.63) is 49.9 Å². The van der Waals surface area contributed by atoms with Gasteiger partial charge in [0.1, 0.15) is 0 Å². The largest absolute Gasteiger partial charge is 0.443 e. The Kier molecular flexibility index (Phi) is 3.85. The van der Waals surface area contributed by atoms with Gasteiger partial charge in [0, 0.05) is 16.8 Å². The van der Waals surface area contributed by atoms with Crippen LogP contribution in [0, 0.1) is 0 Å². The highest BCUT2D eigenvalue weighted by Crippen LogP contribution is 2.34. The van der Waals surface area contributed by atoms with E-state index in [9.17, 15) is 18.0 Å². The maximum atomic E-state index is 12.4. The summed E-state index contributed by atoms with van der Waals surface area (Å²) in [6.45, 7) is 0. The molecule has 2 rings (SSSR count). The quantitative estimate of drug-likeness (QED) is 0.749. The molecule has 0 aliphatic rings. The molecule has 0 amide bonds. The molecular formula is C11H4Cl2F3NOS. The van der Waals surface area contributed by atoms with Gasteiger partial charge >= 0.3 is 6.18 Å². The van der Waals surface area contributed by atoms with Crippen molar-refractivity contribution in [3.63, 3.8) is 0 Å². The van der Waals surface area contributed by atoms with Crippen molar-refractivity contribution in [2.75, 3.05) is 0 Å². The summed E-state index contributed by atoms with van der Waals surface area (Å²) in [7, 11) is 0. The van der Waals surface area contributed by atoms with Crippen LogP contribution in [0.25, 0.3) is 0 Å². The molecule has 0 saturated heterocycles. The summed E-state index contributed by atoms with van der Waals surface area (Å²) in [6, 6.07) is 4.19. The van der Waals surface area contributed by atoms with E-state index in [-0.39, 0.29) is 31.8 Å². The van der Waals surface area contributed by atoms with E-state index < -0.39 is 17.0 Å². The number of halogens is 5. The standard InChI is InChI=1S/C11H4Cl2F3NOS/c12-5-1-2-7(13)6(3-5)9(18)8-4-17-10(19-8)11(14,15)16/h1-4H. The second kappa shape index (κ2) is 5.11. The van der Waals surface area contributed by atoms with Crippen LogP contribution in [-0.4, -0.2) is 10.8 Å². The first-order valence-corrected chi connectivity index (χ1v) is 6.39. The van der Waals surface area contributed by atoms with Crippen molar-refractivity contribution in [3.8, 4) is 0 Å². The zero-order valence-corrected chi connectivity index (χ0v) is 11.3. The van der Waals surface area contributed by atoms with Gasteiger partial charge in [0.05, 0.1) is 9.90 Å². The molecule has 1 heterocycles. The molecule has 0 atom stereocenters. The molecule has 0 aliphatic carbocycles. The van der Waals surface area contributed by atoms with Crippen molar-refractivity contribution in [1.82, 2.24) is 4.98 Å². The second-order valence-corrected chi connectivity index (χ2v) is 5.36. The van der Waals surface area contributed by atoms with Gasteiger partial charge in [-0.3, -0.25) is 4.79 Å². The number of aromatic nitrogens is 1. The van der Waals surface area contributed by atoms with E-state index in [1.54, 1.807) is 0 Å². The lowest BCUT2D eigenvalue weighted by Gasteiger charge is -2.02. The summed E-state index contributed by atoms with van der Waals surface area (Å²) in [5, 5.41) is -0.682. The highest BCUT2D eigenvalue weighted by atomic mass is 35.5. The maximum Gasteiger partial charge on any atom is 0.443 e. The van der Waals surface area contributed by atoms with E-state index in [0.29, 0.717) is 0 Å². The van der Waals surface area contributed by atoms with Gasteiger partial charge in [-0.15, -0.1) is 11.3 Å². The molecule has 0 unspecified atom stereocenters. The minimum atomic E-state index is -4.57. The fourth-order valence-electron chi connectivity index (χ4n) is 1.31. The Morgan fingerprint density at radius 1 is 1.26 bits per heavy atom. The molecule has 0 aliphatic heterocycles. The molecule has 1 aromatic heterocycles. The number of benzene rings is 1. The Hall–Kier alpha value is -1.11. The Balaban J connectivity index is 2.39. The summed E-state index contributed by atoms with van der Waals surface area (Å²) in [5.74, 6) is -0.638. The van der Waals surface area contributed by atoms with Crippen LogP contribution in [0.5, 0.6) is 0 Å². The second-order valence-electron chi connectivity index (χ2n) is 3.48. The normalized spacial score (nSPS) is 11.6. The van der Waals surface area contributed by atoms with E-state index in [0.717, 1.165) is 6.20 Å². The Morgan fingerprint density at radius 3 is 2.53 bits per heavy atom. The number of nitrogens with zero attached hydrogens (tertiary/aromatic N) is 1. The Morgan fingerprint density at radius 2 is 1.95 bits per heavy atom. The molecule has 0 radical (unpaired) electrons. The molecule has 2 nitrogen and oxygen atoms in total. The van der Waals surface area contributed by atoms with Gasteiger partial charge < -0.3 is 0 Å². The average molecular weight is 326 g/mol. The number of carbonyl (C=O) groups excluding carboxylic acids is 1. The molecule has 8 heteroatoms. The van der Waals surface area contributed by atoms with E-state index >= 15 is 0 Å². The monoisotopic (exact) mass is 325 g/mol. The van der Waals surface area contributed by atoms with Crippen LogP contribution >= 0.6 is 34.5 Å². The first-order valence-electron chi connectivity index (χ1n) is 4.82. The van der Waals surface area contributed by atoms with Crippen LogP contribution in [-0.2, 0) is 6.18 Å². The van der Waals surface area contributed by atoms with Crippen molar-refractivity contribution in [1.29, 1.82) is 0 Å². The topological polar surface area (TPSA) is 30.0 Å². The van der Waals surface area contributed by atoms with Gasteiger partial charge in [-0.25, -0.2) is 4.98 Å². The van der Waals surface area contributed by atoms with Crippen LogP contribution < -0.4 is 0 Å². The third kappa shape index (κ3) is 3.08. The predicted octanol–water partition coefficient (Wildman–Crippen LogP) is 4.70. The SMILES string of the molecule is O=C(c1cnc(C(F)(F)F)s1)c1cc(Cl)ccc1Cl. The molecule has 0 saturated carbocycles. The van der Waals surface area contributed by atoms with E-state index in [2.05, 4.69) is 4.98 Å². The molecule has 2 aromatic rings. The van der Waals surface area contributed by atoms with Crippen molar-refractivity contribution in [2.24, 2.45) is 0 Å². The highest BCUT2D eigenvalue weighted by Gasteiger charge is 2.35. The lowest BCUT2D eigenvalue weighted by Crippen LogP contribution is -2.03. The molecule has 0 bridgehead atoms. The van der Waals surface area contributed by atoms with E-state index in [1.165, 1.54) is 18.2 Å². The third-order valence-electron chi connectivity index (χ3n) is 2.15. The molecule has 0 N–H and O–H groups in total. The van der Waals surface area contributed by atoms with E-state index in [4.69, 9.17) is 23.2 Å². The number of thiazole rings is 1. The first kappa shape index (κ1) is 14.3.